The van der Waals surface area contributed by atoms with E-state index in [4.69, 9.17) is 28.2 Å². The summed E-state index contributed by atoms with van der Waals surface area (Å²) in [7, 11) is 0. The topological polar surface area (TPSA) is 109 Å². The van der Waals surface area contributed by atoms with Gasteiger partial charge in [-0.2, -0.15) is 0 Å². The van der Waals surface area contributed by atoms with E-state index in [2.05, 4.69) is 26.1 Å². The molecular formula is C30H35Cl2N3NaO4-. The first-order valence-electron chi connectivity index (χ1n) is 13.1. The Balaban J connectivity index is 0.00000280. The van der Waals surface area contributed by atoms with Gasteiger partial charge in [-0.05, 0) is 85.9 Å². The van der Waals surface area contributed by atoms with Gasteiger partial charge in [0.15, 0.2) is 0 Å². The molecule has 0 aromatic heterocycles. The van der Waals surface area contributed by atoms with E-state index in [-0.39, 0.29) is 65.2 Å². The Morgan fingerprint density at radius 1 is 1.10 bits per heavy atom. The molecule has 0 atom stereocenters. The zero-order valence-corrected chi connectivity index (χ0v) is 27.1. The zero-order chi connectivity index (χ0) is 27.5. The van der Waals surface area contributed by atoms with Gasteiger partial charge < -0.3 is 20.5 Å². The van der Waals surface area contributed by atoms with Gasteiger partial charge in [-0.1, -0.05) is 56.1 Å². The summed E-state index contributed by atoms with van der Waals surface area (Å²) in [5.74, 6) is 0.253. The van der Waals surface area contributed by atoms with Gasteiger partial charge in [0.1, 0.15) is 11.4 Å². The Morgan fingerprint density at radius 3 is 2.25 bits per heavy atom. The number of carbonyl (C=O) groups is 2. The van der Waals surface area contributed by atoms with Gasteiger partial charge in [0.05, 0.1) is 0 Å². The van der Waals surface area contributed by atoms with Crippen molar-refractivity contribution >= 4 is 47.0 Å². The van der Waals surface area contributed by atoms with Gasteiger partial charge in [-0.3, -0.25) is 20.9 Å². The summed E-state index contributed by atoms with van der Waals surface area (Å²) in [4.78, 5) is 43.4. The molecule has 10 heteroatoms. The van der Waals surface area contributed by atoms with Crippen molar-refractivity contribution in [1.82, 2.24) is 10.2 Å². The molecule has 1 aliphatic heterocycles. The van der Waals surface area contributed by atoms with Crippen LogP contribution in [0.25, 0.3) is 0 Å². The fourth-order valence-electron chi connectivity index (χ4n) is 5.54. The Kier molecular flexibility index (Phi) is 12.4. The van der Waals surface area contributed by atoms with Crippen molar-refractivity contribution in [1.29, 1.82) is 0 Å². The summed E-state index contributed by atoms with van der Waals surface area (Å²) in [6, 6.07) is 12.5. The molecule has 0 saturated heterocycles. The summed E-state index contributed by atoms with van der Waals surface area (Å²) >= 11 is 12.5. The van der Waals surface area contributed by atoms with E-state index in [1.165, 1.54) is 0 Å². The average molecular weight is 596 g/mol. The van der Waals surface area contributed by atoms with E-state index in [1.54, 1.807) is 36.6 Å². The molecule has 1 heterocycles. The first kappa shape index (κ1) is 34.5. The van der Waals surface area contributed by atoms with Crippen LogP contribution in [-0.4, -0.2) is 52.9 Å². The molecule has 210 valence electrons. The third-order valence-corrected chi connectivity index (χ3v) is 8.21. The molecule has 0 radical (unpaired) electrons. The minimum atomic E-state index is -0.571. The second-order valence-electron chi connectivity index (χ2n) is 11.3. The number of rotatable bonds is 8. The molecule has 1 saturated carbocycles. The van der Waals surface area contributed by atoms with E-state index < -0.39 is 5.66 Å². The number of nitrogens with one attached hydrogen (secondary N) is 1. The monoisotopic (exact) mass is 594 g/mol. The SMILES string of the molecule is CC(C)(C)C1CCC2(CC1)N=C(c1cc(Cl)cc(Cl)c1)C(=O)N2CCc1ccc(C(=O)NCC[C-]=O)cc1.[Na+].[OH-]. The van der Waals surface area contributed by atoms with E-state index in [9.17, 15) is 14.4 Å². The van der Waals surface area contributed by atoms with Gasteiger partial charge in [-0.25, -0.2) is 0 Å². The van der Waals surface area contributed by atoms with E-state index in [0.717, 1.165) is 31.2 Å². The Bertz CT molecular complexity index is 1220. The number of benzene rings is 2. The van der Waals surface area contributed by atoms with Crippen LogP contribution in [-0.2, 0) is 16.0 Å². The molecule has 2 N–H and O–H groups in total. The van der Waals surface area contributed by atoms with Crippen LogP contribution in [0.15, 0.2) is 47.5 Å². The van der Waals surface area contributed by atoms with Gasteiger partial charge in [0.2, 0.25) is 0 Å². The Morgan fingerprint density at radius 2 is 1.70 bits per heavy atom. The van der Waals surface area contributed by atoms with Crippen LogP contribution in [0.4, 0.5) is 0 Å². The fourth-order valence-corrected chi connectivity index (χ4v) is 6.07. The van der Waals surface area contributed by atoms with E-state index >= 15 is 0 Å². The Hall–Kier alpha value is -1.74. The molecule has 1 spiro atoms. The van der Waals surface area contributed by atoms with E-state index in [0.29, 0.717) is 45.8 Å². The molecule has 2 amide bonds. The van der Waals surface area contributed by atoms with Crippen molar-refractivity contribution in [3.05, 3.63) is 69.2 Å². The van der Waals surface area contributed by atoms with Crippen molar-refractivity contribution in [2.24, 2.45) is 16.3 Å². The van der Waals surface area contributed by atoms with Crippen LogP contribution in [0, 0.1) is 11.3 Å². The largest absolute Gasteiger partial charge is 1.00 e. The third-order valence-electron chi connectivity index (χ3n) is 7.77. The molecule has 1 fully saturated rings. The molecule has 0 unspecified atom stereocenters. The number of hydrogen-bond acceptors (Lipinski definition) is 5. The van der Waals surface area contributed by atoms with Crippen molar-refractivity contribution in [3.63, 3.8) is 0 Å². The quantitative estimate of drug-likeness (QED) is 0.288. The van der Waals surface area contributed by atoms with Crippen LogP contribution in [0.2, 0.25) is 10.0 Å². The van der Waals surface area contributed by atoms with Crippen LogP contribution < -0.4 is 34.9 Å². The van der Waals surface area contributed by atoms with Gasteiger partial charge in [0.25, 0.3) is 11.8 Å². The van der Waals surface area contributed by atoms with Crippen LogP contribution in [0.1, 0.15) is 74.4 Å². The summed E-state index contributed by atoms with van der Waals surface area (Å²) in [5.41, 5.74) is 2.25. The predicted octanol–water partition coefficient (Wildman–Crippen LogP) is 2.86. The number of aliphatic imine (C=N–C) groups is 1. The second-order valence-corrected chi connectivity index (χ2v) is 12.2. The minimum absolute atomic E-state index is 0. The summed E-state index contributed by atoms with van der Waals surface area (Å²) in [5, 5.41) is 3.64. The molecule has 1 aliphatic carbocycles. The zero-order valence-electron chi connectivity index (χ0n) is 23.6. The smallest absolute Gasteiger partial charge is 0.870 e. The number of hydrogen-bond donors (Lipinski definition) is 1. The molecule has 40 heavy (non-hydrogen) atoms. The first-order valence-corrected chi connectivity index (χ1v) is 13.9. The van der Waals surface area contributed by atoms with Gasteiger partial charge in [0, 0.05) is 27.7 Å². The molecule has 2 aliphatic rings. The third kappa shape index (κ3) is 7.96. The maximum Gasteiger partial charge on any atom is 1.00 e. The molecule has 7 nitrogen and oxygen atoms in total. The molecular weight excluding hydrogens is 560 g/mol. The van der Waals surface area contributed by atoms with Gasteiger partial charge >= 0.3 is 29.6 Å². The normalized spacial score (nSPS) is 20.4. The second kappa shape index (κ2) is 14.4. The van der Waals surface area contributed by atoms with Gasteiger partial charge in [-0.15, -0.1) is 6.42 Å². The number of carbonyl (C=O) groups excluding carboxylic acids is 3. The fraction of sp³-hybridized carbons (Fsp3) is 0.467. The summed E-state index contributed by atoms with van der Waals surface area (Å²) < 4.78 is 0. The molecule has 4 rings (SSSR count). The maximum absolute atomic E-state index is 13.8. The Labute approximate surface area is 268 Å². The number of amides is 2. The van der Waals surface area contributed by atoms with Crippen molar-refractivity contribution in [3.8, 4) is 0 Å². The first-order chi connectivity index (χ1) is 18.0. The molecule has 0 bridgehead atoms. The number of halogens is 2. The van der Waals surface area contributed by atoms with Crippen molar-refractivity contribution in [2.75, 3.05) is 13.1 Å². The molecule has 2 aromatic rings. The average Bonchev–Trinajstić information content (AvgIpc) is 3.13. The maximum atomic E-state index is 13.8. The van der Waals surface area contributed by atoms with Crippen molar-refractivity contribution < 1.29 is 49.4 Å². The standard InChI is InChI=1S/C30H34Cl2N3O3.Na.H2O/c1-29(2,3)23-9-12-30(13-10-23)34-26(22-17-24(31)19-25(32)18-22)28(38)35(30)15-11-20-5-7-21(8-6-20)27(37)33-14-4-16-36;;/h5-8,17-19,23H,4,9-15H2,1-3H3,(H,33,37);;1H2/q-1;+1;/p-1. The minimum Gasteiger partial charge on any atom is -0.870 e. The van der Waals surface area contributed by atoms with Crippen LogP contribution in [0.3, 0.4) is 0 Å². The predicted molar refractivity (Wildman–Crippen MR) is 154 cm³/mol. The van der Waals surface area contributed by atoms with Crippen LogP contribution in [0.5, 0.6) is 0 Å². The van der Waals surface area contributed by atoms with Crippen molar-refractivity contribution in [2.45, 2.75) is 65.0 Å². The number of nitrogens with zero attached hydrogens (tertiary/aromatic N) is 2. The summed E-state index contributed by atoms with van der Waals surface area (Å²) in [6.07, 6.45) is 6.21. The molecule has 2 aromatic carbocycles. The van der Waals surface area contributed by atoms with Crippen LogP contribution >= 0.6 is 23.2 Å². The van der Waals surface area contributed by atoms with E-state index in [1.807, 2.05) is 17.0 Å². The summed E-state index contributed by atoms with van der Waals surface area (Å²) in [6.45, 7) is 7.61.